The highest BCUT2D eigenvalue weighted by molar-refractivity contribution is 5.28. The van der Waals surface area contributed by atoms with E-state index in [-0.39, 0.29) is 5.82 Å². The van der Waals surface area contributed by atoms with Gasteiger partial charge in [0.05, 0.1) is 0 Å². The van der Waals surface area contributed by atoms with Crippen LogP contribution in [-0.4, -0.2) is 0 Å². The molecule has 0 saturated heterocycles. The highest BCUT2D eigenvalue weighted by atomic mass is 19.1. The van der Waals surface area contributed by atoms with Crippen molar-refractivity contribution >= 4 is 0 Å². The number of hydrogen-bond acceptors (Lipinski definition) is 0. The maximum atomic E-state index is 12.7. The summed E-state index contributed by atoms with van der Waals surface area (Å²) in [6, 6.07) is 15.5. The third-order valence-electron chi connectivity index (χ3n) is 3.33. The standard InChI is InChI=1S/C10H13F.C9H12/c1-7(2)10-6-9(11)5-4-8(10)3;1-8(2)9-6-4-3-5-7-9/h4-7H,1-3H3;3-8H,1-2H3. The summed E-state index contributed by atoms with van der Waals surface area (Å²) in [7, 11) is 0. The maximum absolute atomic E-state index is 12.7. The lowest BCUT2D eigenvalue weighted by Gasteiger charge is -2.08. The van der Waals surface area contributed by atoms with Gasteiger partial charge < -0.3 is 0 Å². The van der Waals surface area contributed by atoms with Crippen molar-refractivity contribution in [1.29, 1.82) is 0 Å². The predicted octanol–water partition coefficient (Wildman–Crippen LogP) is 6.07. The van der Waals surface area contributed by atoms with E-state index in [9.17, 15) is 4.39 Å². The summed E-state index contributed by atoms with van der Waals surface area (Å²) in [6.45, 7) is 10.6. The minimum absolute atomic E-state index is 0.140. The van der Waals surface area contributed by atoms with Crippen LogP contribution in [0.4, 0.5) is 4.39 Å². The van der Waals surface area contributed by atoms with Crippen LogP contribution in [0.5, 0.6) is 0 Å². The van der Waals surface area contributed by atoms with Crippen LogP contribution in [0.2, 0.25) is 0 Å². The summed E-state index contributed by atoms with van der Waals surface area (Å²) in [4.78, 5) is 0. The van der Waals surface area contributed by atoms with Gasteiger partial charge in [0.1, 0.15) is 5.82 Å². The van der Waals surface area contributed by atoms with E-state index in [2.05, 4.69) is 52.0 Å². The highest BCUT2D eigenvalue weighted by Crippen LogP contribution is 2.19. The van der Waals surface area contributed by atoms with Crippen LogP contribution in [0.25, 0.3) is 0 Å². The van der Waals surface area contributed by atoms with Gasteiger partial charge in [-0.2, -0.15) is 0 Å². The SMILES string of the molecule is CC(C)c1ccccc1.Cc1ccc(F)cc1C(C)C. The van der Waals surface area contributed by atoms with Gasteiger partial charge in [-0.3, -0.25) is 0 Å². The van der Waals surface area contributed by atoms with Gasteiger partial charge in [-0.1, -0.05) is 64.1 Å². The Labute approximate surface area is 122 Å². The number of halogens is 1. The van der Waals surface area contributed by atoms with Crippen molar-refractivity contribution in [3.8, 4) is 0 Å². The van der Waals surface area contributed by atoms with Gasteiger partial charge in [0, 0.05) is 0 Å². The first-order valence-electron chi connectivity index (χ1n) is 7.22. The molecule has 1 heteroatoms. The molecule has 2 rings (SSSR count). The Morgan fingerprint density at radius 2 is 1.40 bits per heavy atom. The second-order valence-corrected chi connectivity index (χ2v) is 5.72. The van der Waals surface area contributed by atoms with E-state index >= 15 is 0 Å². The molecule has 0 bridgehead atoms. The Morgan fingerprint density at radius 3 is 1.80 bits per heavy atom. The summed E-state index contributed by atoms with van der Waals surface area (Å²) < 4.78 is 12.7. The Hall–Kier alpha value is -1.63. The lowest BCUT2D eigenvalue weighted by molar-refractivity contribution is 0.622. The van der Waals surface area contributed by atoms with Gasteiger partial charge in [-0.15, -0.1) is 0 Å². The van der Waals surface area contributed by atoms with Crippen molar-refractivity contribution < 1.29 is 4.39 Å². The van der Waals surface area contributed by atoms with Crippen LogP contribution >= 0.6 is 0 Å². The van der Waals surface area contributed by atoms with Crippen molar-refractivity contribution in [3.63, 3.8) is 0 Å². The number of aryl methyl sites for hydroxylation is 1. The number of hydrogen-bond donors (Lipinski definition) is 0. The molecule has 0 N–H and O–H groups in total. The quantitative estimate of drug-likeness (QED) is 0.622. The molecule has 0 saturated carbocycles. The molecular formula is C19H25F. The molecule has 0 radical (unpaired) electrons. The predicted molar refractivity (Wildman–Crippen MR) is 85.8 cm³/mol. The molecule has 0 unspecified atom stereocenters. The number of benzene rings is 2. The minimum atomic E-state index is -0.140. The van der Waals surface area contributed by atoms with E-state index in [1.807, 2.05) is 19.1 Å². The summed E-state index contributed by atoms with van der Waals surface area (Å²) in [5, 5.41) is 0. The normalized spacial score (nSPS) is 10.4. The van der Waals surface area contributed by atoms with E-state index < -0.39 is 0 Å². The van der Waals surface area contributed by atoms with Gasteiger partial charge >= 0.3 is 0 Å². The van der Waals surface area contributed by atoms with Gasteiger partial charge in [-0.05, 0) is 47.6 Å². The fraction of sp³-hybridized carbons (Fsp3) is 0.368. The third kappa shape index (κ3) is 5.16. The first kappa shape index (κ1) is 16.4. The molecule has 0 aliphatic carbocycles. The van der Waals surface area contributed by atoms with Crippen molar-refractivity contribution in [2.75, 3.05) is 0 Å². The molecule has 2 aromatic carbocycles. The largest absolute Gasteiger partial charge is 0.207 e. The van der Waals surface area contributed by atoms with Gasteiger partial charge in [0.2, 0.25) is 0 Å². The van der Waals surface area contributed by atoms with Gasteiger partial charge in [0.25, 0.3) is 0 Å². The average molecular weight is 272 g/mol. The number of rotatable bonds is 2. The summed E-state index contributed by atoms with van der Waals surface area (Å²) >= 11 is 0. The zero-order chi connectivity index (χ0) is 15.1. The van der Waals surface area contributed by atoms with E-state index in [4.69, 9.17) is 0 Å². The maximum Gasteiger partial charge on any atom is 0.123 e. The molecule has 0 aliphatic rings. The van der Waals surface area contributed by atoms with Crippen molar-refractivity contribution in [1.82, 2.24) is 0 Å². The molecule has 0 spiro atoms. The molecule has 0 heterocycles. The molecular weight excluding hydrogens is 247 g/mol. The van der Waals surface area contributed by atoms with Crippen LogP contribution in [0.3, 0.4) is 0 Å². The zero-order valence-corrected chi connectivity index (χ0v) is 13.2. The first-order valence-corrected chi connectivity index (χ1v) is 7.22. The van der Waals surface area contributed by atoms with Crippen LogP contribution in [0.1, 0.15) is 56.2 Å². The molecule has 0 aromatic heterocycles. The molecule has 108 valence electrons. The van der Waals surface area contributed by atoms with E-state index in [0.29, 0.717) is 11.8 Å². The van der Waals surface area contributed by atoms with Crippen molar-refractivity contribution in [2.45, 2.75) is 46.5 Å². The monoisotopic (exact) mass is 272 g/mol. The Bertz CT molecular complexity index is 513. The molecule has 2 aromatic rings. The fourth-order valence-electron chi connectivity index (χ4n) is 2.07. The van der Waals surface area contributed by atoms with Crippen LogP contribution in [0.15, 0.2) is 48.5 Å². The molecule has 0 aliphatic heterocycles. The van der Waals surface area contributed by atoms with Crippen LogP contribution in [-0.2, 0) is 0 Å². The Morgan fingerprint density at radius 1 is 0.800 bits per heavy atom. The molecule has 0 nitrogen and oxygen atoms in total. The van der Waals surface area contributed by atoms with Gasteiger partial charge in [-0.25, -0.2) is 4.39 Å². The summed E-state index contributed by atoms with van der Waals surface area (Å²) in [5.41, 5.74) is 3.68. The fourth-order valence-corrected chi connectivity index (χ4v) is 2.07. The average Bonchev–Trinajstić information content (AvgIpc) is 2.43. The second-order valence-electron chi connectivity index (χ2n) is 5.72. The Balaban J connectivity index is 0.000000204. The smallest absolute Gasteiger partial charge is 0.123 e. The molecule has 0 amide bonds. The van der Waals surface area contributed by atoms with E-state index in [1.165, 1.54) is 17.2 Å². The van der Waals surface area contributed by atoms with E-state index in [1.54, 1.807) is 6.07 Å². The highest BCUT2D eigenvalue weighted by Gasteiger charge is 2.03. The minimum Gasteiger partial charge on any atom is -0.207 e. The molecule has 20 heavy (non-hydrogen) atoms. The lowest BCUT2D eigenvalue weighted by Crippen LogP contribution is -1.92. The van der Waals surface area contributed by atoms with Crippen LogP contribution in [0, 0.1) is 12.7 Å². The van der Waals surface area contributed by atoms with Crippen molar-refractivity contribution in [3.05, 3.63) is 71.0 Å². The second kappa shape index (κ2) is 7.84. The lowest BCUT2D eigenvalue weighted by atomic mass is 9.98. The molecule has 0 atom stereocenters. The zero-order valence-electron chi connectivity index (χ0n) is 13.2. The topological polar surface area (TPSA) is 0 Å². The molecule has 0 fully saturated rings. The van der Waals surface area contributed by atoms with E-state index in [0.717, 1.165) is 5.56 Å². The van der Waals surface area contributed by atoms with Crippen LogP contribution < -0.4 is 0 Å². The van der Waals surface area contributed by atoms with Crippen molar-refractivity contribution in [2.24, 2.45) is 0 Å². The van der Waals surface area contributed by atoms with Gasteiger partial charge in [0.15, 0.2) is 0 Å². The first-order chi connectivity index (χ1) is 9.41. The summed E-state index contributed by atoms with van der Waals surface area (Å²) in [6.07, 6.45) is 0. The summed E-state index contributed by atoms with van der Waals surface area (Å²) in [5.74, 6) is 0.927. The third-order valence-corrected chi connectivity index (χ3v) is 3.33. The Kier molecular flexibility index (Phi) is 6.44.